The van der Waals surface area contributed by atoms with Gasteiger partial charge < -0.3 is 14.5 Å². The zero-order chi connectivity index (χ0) is 21.1. The van der Waals surface area contributed by atoms with Gasteiger partial charge in [0.25, 0.3) is 5.91 Å². The van der Waals surface area contributed by atoms with Crippen LogP contribution in [0.2, 0.25) is 0 Å². The van der Waals surface area contributed by atoms with Crippen molar-refractivity contribution in [2.45, 2.75) is 6.92 Å². The molecule has 4 aromatic rings. The second kappa shape index (κ2) is 8.55. The number of halogens is 1. The van der Waals surface area contributed by atoms with E-state index in [1.807, 2.05) is 31.2 Å². The highest BCUT2D eigenvalue weighted by Gasteiger charge is 2.23. The van der Waals surface area contributed by atoms with Crippen molar-refractivity contribution in [1.82, 2.24) is 0 Å². The van der Waals surface area contributed by atoms with Crippen molar-refractivity contribution in [3.63, 3.8) is 0 Å². The summed E-state index contributed by atoms with van der Waals surface area (Å²) in [4.78, 5) is 25.6. The zero-order valence-electron chi connectivity index (χ0n) is 16.1. The molecule has 1 N–H and O–H groups in total. The Morgan fingerprint density at radius 2 is 1.67 bits per heavy atom. The molecule has 0 aliphatic carbocycles. The summed E-state index contributed by atoms with van der Waals surface area (Å²) < 4.78 is 12.2. The molecule has 0 aliphatic rings. The fourth-order valence-electron chi connectivity index (χ4n) is 3.02. The molecule has 0 atom stereocenters. The molecular formula is C24H18BrNO4. The van der Waals surface area contributed by atoms with Gasteiger partial charge in [0.05, 0.1) is 5.69 Å². The van der Waals surface area contributed by atoms with E-state index in [0.717, 1.165) is 10.0 Å². The largest absolute Gasteiger partial charge is 0.484 e. The number of hydrogen-bond donors (Lipinski definition) is 1. The zero-order valence-corrected chi connectivity index (χ0v) is 17.7. The third-order valence-electron chi connectivity index (χ3n) is 4.56. The second-order valence-corrected chi connectivity index (χ2v) is 7.70. The number of carbonyl (C=O) groups is 2. The minimum atomic E-state index is -0.382. The summed E-state index contributed by atoms with van der Waals surface area (Å²) in [6, 6.07) is 21.6. The van der Waals surface area contributed by atoms with Crippen LogP contribution >= 0.6 is 15.9 Å². The lowest BCUT2D eigenvalue weighted by molar-refractivity contribution is -0.118. The van der Waals surface area contributed by atoms with Gasteiger partial charge in [0, 0.05) is 15.4 Å². The van der Waals surface area contributed by atoms with E-state index in [2.05, 4.69) is 21.2 Å². The van der Waals surface area contributed by atoms with Gasteiger partial charge in [0.2, 0.25) is 5.78 Å². The number of ether oxygens (including phenoxy) is 1. The number of carbonyl (C=O) groups excluding carboxylic acids is 2. The lowest BCUT2D eigenvalue weighted by atomic mass is 10.1. The van der Waals surface area contributed by atoms with Crippen LogP contribution in [-0.4, -0.2) is 18.3 Å². The molecule has 30 heavy (non-hydrogen) atoms. The van der Waals surface area contributed by atoms with Gasteiger partial charge in [0.1, 0.15) is 11.3 Å². The third-order valence-corrected chi connectivity index (χ3v) is 5.09. The van der Waals surface area contributed by atoms with Crippen LogP contribution in [0.25, 0.3) is 11.0 Å². The van der Waals surface area contributed by atoms with Crippen molar-refractivity contribution in [3.05, 3.63) is 94.2 Å². The van der Waals surface area contributed by atoms with Crippen LogP contribution in [0, 0.1) is 6.92 Å². The van der Waals surface area contributed by atoms with Gasteiger partial charge in [-0.1, -0.05) is 45.8 Å². The Bertz CT molecular complexity index is 1210. The number of ketones is 1. The molecule has 150 valence electrons. The molecule has 0 aliphatic heterocycles. The van der Waals surface area contributed by atoms with E-state index in [9.17, 15) is 9.59 Å². The molecule has 0 fully saturated rings. The van der Waals surface area contributed by atoms with E-state index in [-0.39, 0.29) is 24.1 Å². The Morgan fingerprint density at radius 3 is 2.40 bits per heavy atom. The molecule has 0 spiro atoms. The molecule has 5 nitrogen and oxygen atoms in total. The summed E-state index contributed by atoms with van der Waals surface area (Å²) in [5.41, 5.74) is 2.43. The number of anilines is 1. The first-order valence-corrected chi connectivity index (χ1v) is 10.1. The third kappa shape index (κ3) is 4.28. The molecule has 1 amide bonds. The van der Waals surface area contributed by atoms with E-state index in [1.165, 1.54) is 0 Å². The molecule has 1 aromatic heterocycles. The Morgan fingerprint density at radius 1 is 0.967 bits per heavy atom. The molecule has 0 unspecified atom stereocenters. The molecule has 6 heteroatoms. The smallest absolute Gasteiger partial charge is 0.262 e. The van der Waals surface area contributed by atoms with Gasteiger partial charge in [-0.15, -0.1) is 0 Å². The fourth-order valence-corrected chi connectivity index (χ4v) is 3.29. The molecular weight excluding hydrogens is 446 g/mol. The normalized spacial score (nSPS) is 10.7. The SMILES string of the molecule is Cc1ccc(OCC(=O)Nc2c(C(=O)c3ccc(Br)cc3)oc3ccccc23)cc1. The number of furan rings is 1. The predicted molar refractivity (Wildman–Crippen MR) is 119 cm³/mol. The average molecular weight is 464 g/mol. The van der Waals surface area contributed by atoms with Crippen molar-refractivity contribution < 1.29 is 18.7 Å². The van der Waals surface area contributed by atoms with E-state index >= 15 is 0 Å². The monoisotopic (exact) mass is 463 g/mol. The Balaban J connectivity index is 1.59. The topological polar surface area (TPSA) is 68.5 Å². The molecule has 0 saturated carbocycles. The fraction of sp³-hybridized carbons (Fsp3) is 0.0833. The van der Waals surface area contributed by atoms with Gasteiger partial charge in [-0.3, -0.25) is 9.59 Å². The van der Waals surface area contributed by atoms with Crippen molar-refractivity contribution in [1.29, 1.82) is 0 Å². The summed E-state index contributed by atoms with van der Waals surface area (Å²) in [7, 11) is 0. The summed E-state index contributed by atoms with van der Waals surface area (Å²) in [6.45, 7) is 1.79. The highest BCUT2D eigenvalue weighted by Crippen LogP contribution is 2.32. The molecule has 1 heterocycles. The quantitative estimate of drug-likeness (QED) is 0.369. The number of rotatable bonds is 6. The van der Waals surface area contributed by atoms with Gasteiger partial charge in [-0.2, -0.15) is 0 Å². The van der Waals surface area contributed by atoms with Crippen molar-refractivity contribution >= 4 is 44.3 Å². The van der Waals surface area contributed by atoms with Crippen molar-refractivity contribution in [2.75, 3.05) is 11.9 Å². The summed E-state index contributed by atoms with van der Waals surface area (Å²) in [5.74, 6) is -0.0124. The maximum Gasteiger partial charge on any atom is 0.262 e. The number of benzene rings is 3. The predicted octanol–water partition coefficient (Wildman–Crippen LogP) is 5.75. The first-order chi connectivity index (χ1) is 14.5. The van der Waals surface area contributed by atoms with Gasteiger partial charge in [-0.25, -0.2) is 0 Å². The van der Waals surface area contributed by atoms with Crippen molar-refractivity contribution in [3.8, 4) is 5.75 Å². The number of amides is 1. The Hall–Kier alpha value is -3.38. The number of hydrogen-bond acceptors (Lipinski definition) is 4. The van der Waals surface area contributed by atoms with Crippen LogP contribution in [0.5, 0.6) is 5.75 Å². The lowest BCUT2D eigenvalue weighted by Gasteiger charge is -2.08. The van der Waals surface area contributed by atoms with E-state index in [0.29, 0.717) is 28.0 Å². The van der Waals surface area contributed by atoms with Crippen LogP contribution < -0.4 is 10.1 Å². The first kappa shape index (κ1) is 19.9. The van der Waals surface area contributed by atoms with Crippen LogP contribution in [0.4, 0.5) is 5.69 Å². The molecule has 0 saturated heterocycles. The molecule has 0 radical (unpaired) electrons. The number of fused-ring (bicyclic) bond motifs is 1. The summed E-state index contributed by atoms with van der Waals surface area (Å²) in [6.07, 6.45) is 0. The first-order valence-electron chi connectivity index (χ1n) is 9.32. The molecule has 0 bridgehead atoms. The minimum absolute atomic E-state index is 0.0854. The Kier molecular flexibility index (Phi) is 5.68. The van der Waals surface area contributed by atoms with Gasteiger partial charge in [0.15, 0.2) is 12.4 Å². The second-order valence-electron chi connectivity index (χ2n) is 6.79. The van der Waals surface area contributed by atoms with Crippen LogP contribution in [0.1, 0.15) is 21.7 Å². The van der Waals surface area contributed by atoms with Crippen LogP contribution in [0.3, 0.4) is 0 Å². The number of nitrogens with one attached hydrogen (secondary N) is 1. The van der Waals surface area contributed by atoms with E-state index in [4.69, 9.17) is 9.15 Å². The minimum Gasteiger partial charge on any atom is -0.484 e. The van der Waals surface area contributed by atoms with Gasteiger partial charge in [-0.05, 0) is 55.5 Å². The maximum absolute atomic E-state index is 13.0. The Labute approximate surface area is 181 Å². The summed E-state index contributed by atoms with van der Waals surface area (Å²) >= 11 is 3.36. The highest BCUT2D eigenvalue weighted by molar-refractivity contribution is 9.10. The molecule has 3 aromatic carbocycles. The van der Waals surface area contributed by atoms with Gasteiger partial charge >= 0.3 is 0 Å². The van der Waals surface area contributed by atoms with Crippen LogP contribution in [-0.2, 0) is 4.79 Å². The maximum atomic E-state index is 13.0. The van der Waals surface area contributed by atoms with E-state index < -0.39 is 0 Å². The summed E-state index contributed by atoms with van der Waals surface area (Å²) in [5, 5.41) is 3.44. The lowest BCUT2D eigenvalue weighted by Crippen LogP contribution is -2.21. The van der Waals surface area contributed by atoms with E-state index in [1.54, 1.807) is 48.5 Å². The number of para-hydroxylation sites is 1. The molecule has 4 rings (SSSR count). The van der Waals surface area contributed by atoms with Crippen LogP contribution in [0.15, 0.2) is 81.7 Å². The van der Waals surface area contributed by atoms with Crippen molar-refractivity contribution in [2.24, 2.45) is 0 Å². The highest BCUT2D eigenvalue weighted by atomic mass is 79.9. The standard InChI is InChI=1S/C24H18BrNO4/c1-15-6-12-18(13-7-15)29-14-21(27)26-22-19-4-2-3-5-20(19)30-24(22)23(28)16-8-10-17(25)11-9-16/h2-13H,14H2,1H3,(H,26,27). The number of aryl methyl sites for hydroxylation is 1. The average Bonchev–Trinajstić information content (AvgIpc) is 3.12.